The molecule has 0 radical (unpaired) electrons. The predicted octanol–water partition coefficient (Wildman–Crippen LogP) is 0.262. The average Bonchev–Trinajstić information content (AvgIpc) is 2.83. The van der Waals surface area contributed by atoms with Crippen molar-refractivity contribution in [2.75, 3.05) is 13.1 Å². The monoisotopic (exact) mass is 238 g/mol. The Bertz CT molecular complexity index is 302. The molecule has 0 aromatic rings. The molecule has 1 saturated heterocycles. The maximum atomic E-state index is 12.1. The van der Waals surface area contributed by atoms with Gasteiger partial charge in [-0.25, -0.2) is 0 Å². The van der Waals surface area contributed by atoms with Crippen LogP contribution in [0.15, 0.2) is 0 Å². The molecule has 2 aliphatic carbocycles. The number of hydrogen-bond donors (Lipinski definition) is 3. The summed E-state index contributed by atoms with van der Waals surface area (Å²) in [6.45, 7) is 1.76. The molecule has 1 heterocycles. The summed E-state index contributed by atoms with van der Waals surface area (Å²) in [5.41, 5.74) is 0. The first-order valence-electron chi connectivity index (χ1n) is 6.93. The molecule has 4 heteroatoms. The molecule has 4 nitrogen and oxygen atoms in total. The van der Waals surface area contributed by atoms with E-state index in [1.165, 1.54) is 19.3 Å². The van der Waals surface area contributed by atoms with E-state index < -0.39 is 0 Å². The number of hydrogen-bond acceptors (Lipinski definition) is 3. The quantitative estimate of drug-likeness (QED) is 0.661. The minimum absolute atomic E-state index is 0.0486. The smallest absolute Gasteiger partial charge is 0.237 e. The van der Waals surface area contributed by atoms with Crippen LogP contribution in [0.25, 0.3) is 0 Å². The number of amides is 1. The van der Waals surface area contributed by atoms with Crippen LogP contribution in [0, 0.1) is 17.8 Å². The lowest BCUT2D eigenvalue weighted by atomic mass is 9.82. The molecule has 96 valence electrons. The van der Waals surface area contributed by atoms with Gasteiger partial charge in [0.2, 0.25) is 5.91 Å². The molecule has 1 amide bonds. The van der Waals surface area contributed by atoms with E-state index in [9.17, 15) is 9.90 Å². The number of aliphatic hydroxyl groups is 1. The summed E-state index contributed by atoms with van der Waals surface area (Å²) >= 11 is 0. The Balaban J connectivity index is 1.46. The van der Waals surface area contributed by atoms with Gasteiger partial charge in [-0.3, -0.25) is 4.79 Å². The minimum Gasteiger partial charge on any atom is -0.393 e. The van der Waals surface area contributed by atoms with Crippen molar-refractivity contribution in [2.45, 2.75) is 44.2 Å². The zero-order valence-corrected chi connectivity index (χ0v) is 10.2. The lowest BCUT2D eigenvalue weighted by Crippen LogP contribution is -2.47. The Hall–Kier alpha value is -0.610. The molecule has 0 aromatic heterocycles. The summed E-state index contributed by atoms with van der Waals surface area (Å²) in [6, 6.07) is 0.0486. The number of carbonyl (C=O) groups excluding carboxylic acids is 1. The number of carbonyl (C=O) groups is 1. The normalized spacial score (nSPS) is 44.2. The number of rotatable bonds is 3. The molecule has 0 bridgehead atoms. The van der Waals surface area contributed by atoms with Crippen LogP contribution in [0.1, 0.15) is 32.1 Å². The molecule has 1 aliphatic heterocycles. The van der Waals surface area contributed by atoms with E-state index in [-0.39, 0.29) is 18.1 Å². The van der Waals surface area contributed by atoms with E-state index in [2.05, 4.69) is 10.6 Å². The Kier molecular flexibility index (Phi) is 3.09. The van der Waals surface area contributed by atoms with E-state index in [1.54, 1.807) is 0 Å². The highest BCUT2D eigenvalue weighted by molar-refractivity contribution is 5.82. The summed E-state index contributed by atoms with van der Waals surface area (Å²) < 4.78 is 0. The van der Waals surface area contributed by atoms with Crippen molar-refractivity contribution in [1.82, 2.24) is 10.6 Å². The Morgan fingerprint density at radius 3 is 2.94 bits per heavy atom. The van der Waals surface area contributed by atoms with Gasteiger partial charge in [-0.05, 0) is 50.0 Å². The van der Waals surface area contributed by atoms with Gasteiger partial charge in [-0.15, -0.1) is 0 Å². The average molecular weight is 238 g/mol. The Morgan fingerprint density at radius 1 is 1.35 bits per heavy atom. The number of nitrogens with one attached hydrogen (secondary N) is 2. The van der Waals surface area contributed by atoms with E-state index in [4.69, 9.17) is 0 Å². The fourth-order valence-corrected chi connectivity index (χ4v) is 3.70. The second kappa shape index (κ2) is 4.58. The van der Waals surface area contributed by atoms with E-state index >= 15 is 0 Å². The fourth-order valence-electron chi connectivity index (χ4n) is 3.70. The van der Waals surface area contributed by atoms with E-state index in [0.717, 1.165) is 31.8 Å². The van der Waals surface area contributed by atoms with Crippen molar-refractivity contribution in [3.8, 4) is 0 Å². The summed E-state index contributed by atoms with van der Waals surface area (Å²) in [5.74, 6) is 1.98. The highest BCUT2D eigenvalue weighted by Crippen LogP contribution is 2.37. The maximum Gasteiger partial charge on any atom is 0.237 e. The van der Waals surface area contributed by atoms with Crippen LogP contribution in [-0.4, -0.2) is 36.2 Å². The van der Waals surface area contributed by atoms with Gasteiger partial charge in [0.05, 0.1) is 12.1 Å². The van der Waals surface area contributed by atoms with Crippen LogP contribution < -0.4 is 10.6 Å². The van der Waals surface area contributed by atoms with Crippen molar-refractivity contribution >= 4 is 5.91 Å². The third-order valence-corrected chi connectivity index (χ3v) is 4.80. The first-order chi connectivity index (χ1) is 8.24. The third kappa shape index (κ3) is 2.20. The zero-order valence-electron chi connectivity index (χ0n) is 10.2. The topological polar surface area (TPSA) is 61.4 Å². The molecule has 3 rings (SSSR count). The molecule has 17 heavy (non-hydrogen) atoms. The van der Waals surface area contributed by atoms with Crippen LogP contribution in [0.5, 0.6) is 0 Å². The van der Waals surface area contributed by atoms with Crippen molar-refractivity contribution < 1.29 is 9.90 Å². The lowest BCUT2D eigenvalue weighted by molar-refractivity contribution is -0.124. The van der Waals surface area contributed by atoms with Crippen LogP contribution >= 0.6 is 0 Å². The first-order valence-corrected chi connectivity index (χ1v) is 6.93. The van der Waals surface area contributed by atoms with Crippen LogP contribution in [-0.2, 0) is 4.79 Å². The van der Waals surface area contributed by atoms with Crippen LogP contribution in [0.2, 0.25) is 0 Å². The van der Waals surface area contributed by atoms with Crippen molar-refractivity contribution in [1.29, 1.82) is 0 Å². The van der Waals surface area contributed by atoms with Gasteiger partial charge in [0.15, 0.2) is 0 Å². The second-order valence-corrected chi connectivity index (χ2v) is 5.98. The molecule has 0 aromatic carbocycles. The second-order valence-electron chi connectivity index (χ2n) is 5.98. The molecule has 0 spiro atoms. The Labute approximate surface area is 102 Å². The summed E-state index contributed by atoms with van der Waals surface area (Å²) in [7, 11) is 0. The van der Waals surface area contributed by atoms with Crippen molar-refractivity contribution in [3.63, 3.8) is 0 Å². The van der Waals surface area contributed by atoms with Gasteiger partial charge < -0.3 is 15.7 Å². The van der Waals surface area contributed by atoms with Gasteiger partial charge in [0.25, 0.3) is 0 Å². The van der Waals surface area contributed by atoms with E-state index in [0.29, 0.717) is 11.8 Å². The summed E-state index contributed by atoms with van der Waals surface area (Å²) in [4.78, 5) is 12.1. The summed E-state index contributed by atoms with van der Waals surface area (Å²) in [5, 5.41) is 15.6. The molecule has 3 fully saturated rings. The van der Waals surface area contributed by atoms with Gasteiger partial charge in [-0.1, -0.05) is 6.42 Å². The summed E-state index contributed by atoms with van der Waals surface area (Å²) in [6.07, 6.45) is 5.36. The molecule has 2 saturated carbocycles. The van der Waals surface area contributed by atoms with Crippen molar-refractivity contribution in [2.24, 2.45) is 17.8 Å². The fraction of sp³-hybridized carbons (Fsp3) is 0.923. The highest BCUT2D eigenvalue weighted by atomic mass is 16.3. The zero-order chi connectivity index (χ0) is 11.8. The number of fused-ring (bicyclic) bond motifs is 1. The molecular weight excluding hydrogens is 216 g/mol. The molecule has 3 atom stereocenters. The van der Waals surface area contributed by atoms with Crippen LogP contribution in [0.3, 0.4) is 0 Å². The molecular formula is C13H22N2O2. The molecule has 3 unspecified atom stereocenters. The van der Waals surface area contributed by atoms with E-state index in [1.807, 2.05) is 0 Å². The Morgan fingerprint density at radius 2 is 2.18 bits per heavy atom. The number of aliphatic hydroxyl groups excluding tert-OH is 1. The lowest BCUT2D eigenvalue weighted by Gasteiger charge is -2.31. The van der Waals surface area contributed by atoms with Gasteiger partial charge in [-0.2, -0.15) is 0 Å². The minimum atomic E-state index is -0.124. The SMILES string of the molecule is O=C(NCC1CC(O)C1)C1NCC2CCCC21. The first kappa shape index (κ1) is 11.5. The van der Waals surface area contributed by atoms with Gasteiger partial charge in [0.1, 0.15) is 0 Å². The van der Waals surface area contributed by atoms with Gasteiger partial charge >= 0.3 is 0 Å². The van der Waals surface area contributed by atoms with Gasteiger partial charge in [0, 0.05) is 6.54 Å². The molecule has 3 N–H and O–H groups in total. The van der Waals surface area contributed by atoms with Crippen LogP contribution in [0.4, 0.5) is 0 Å². The standard InChI is InChI=1S/C13H22N2O2/c16-10-4-8(5-10)6-15-13(17)12-11-3-1-2-9(11)7-14-12/h8-12,14,16H,1-7H2,(H,15,17). The molecule has 3 aliphatic rings. The van der Waals surface area contributed by atoms with Crippen molar-refractivity contribution in [3.05, 3.63) is 0 Å². The largest absolute Gasteiger partial charge is 0.393 e. The highest BCUT2D eigenvalue weighted by Gasteiger charge is 2.42. The maximum absolute atomic E-state index is 12.1. The third-order valence-electron chi connectivity index (χ3n) is 4.80. The predicted molar refractivity (Wildman–Crippen MR) is 64.4 cm³/mol.